The molecular weight excluding hydrogens is 326 g/mol. The number of aryl methyl sites for hydroxylation is 1. The van der Waals surface area contributed by atoms with E-state index >= 15 is 0 Å². The fourth-order valence-corrected chi connectivity index (χ4v) is 3.62. The van der Waals surface area contributed by atoms with Gasteiger partial charge >= 0.3 is 0 Å². The molecule has 134 valence electrons. The molecule has 26 heavy (non-hydrogen) atoms. The maximum absolute atomic E-state index is 4.65. The average molecular weight is 349 g/mol. The van der Waals surface area contributed by atoms with Crippen molar-refractivity contribution in [1.82, 2.24) is 29.5 Å². The van der Waals surface area contributed by atoms with E-state index in [-0.39, 0.29) is 0 Å². The smallest absolute Gasteiger partial charge is 0.147 e. The summed E-state index contributed by atoms with van der Waals surface area (Å²) in [4.78, 5) is 24.6. The zero-order valence-electron chi connectivity index (χ0n) is 15.2. The maximum Gasteiger partial charge on any atom is 0.147 e. The van der Waals surface area contributed by atoms with Crippen LogP contribution in [0.3, 0.4) is 0 Å². The number of rotatable bonds is 4. The molecule has 3 aromatic rings. The first kappa shape index (κ1) is 16.6. The predicted octanol–water partition coefficient (Wildman–Crippen LogP) is 2.43. The van der Waals surface area contributed by atoms with E-state index in [0.29, 0.717) is 5.92 Å². The van der Waals surface area contributed by atoms with Crippen LogP contribution in [0.25, 0.3) is 11.4 Å². The van der Waals surface area contributed by atoms with Crippen molar-refractivity contribution in [1.29, 1.82) is 0 Å². The molecule has 1 aliphatic heterocycles. The van der Waals surface area contributed by atoms with Gasteiger partial charge in [0.1, 0.15) is 17.3 Å². The van der Waals surface area contributed by atoms with Crippen LogP contribution in [0.5, 0.6) is 0 Å². The maximum atomic E-state index is 4.65. The summed E-state index contributed by atoms with van der Waals surface area (Å²) in [5.41, 5.74) is 3.00. The molecule has 1 fully saturated rings. The third-order valence-corrected chi connectivity index (χ3v) is 5.11. The van der Waals surface area contributed by atoms with Crippen LogP contribution in [-0.2, 0) is 13.5 Å². The third kappa shape index (κ3) is 3.29. The summed E-state index contributed by atoms with van der Waals surface area (Å²) in [6, 6.07) is 0. The number of hydrogen-bond donors (Lipinski definition) is 0. The van der Waals surface area contributed by atoms with Crippen molar-refractivity contribution in [2.75, 3.05) is 18.0 Å². The summed E-state index contributed by atoms with van der Waals surface area (Å²) < 4.78 is 2.07. The van der Waals surface area contributed by atoms with E-state index in [0.717, 1.165) is 54.7 Å². The van der Waals surface area contributed by atoms with E-state index in [1.807, 2.05) is 26.4 Å². The van der Waals surface area contributed by atoms with Crippen molar-refractivity contribution in [3.63, 3.8) is 0 Å². The number of aromatic nitrogens is 6. The van der Waals surface area contributed by atoms with E-state index in [1.54, 1.807) is 24.8 Å². The van der Waals surface area contributed by atoms with E-state index < -0.39 is 0 Å². The molecule has 0 aliphatic carbocycles. The van der Waals surface area contributed by atoms with E-state index in [9.17, 15) is 0 Å². The second kappa shape index (κ2) is 7.19. The van der Waals surface area contributed by atoms with Gasteiger partial charge in [0, 0.05) is 44.9 Å². The second-order valence-corrected chi connectivity index (χ2v) is 6.82. The minimum Gasteiger partial charge on any atom is -0.355 e. The van der Waals surface area contributed by atoms with Crippen LogP contribution in [0.1, 0.15) is 24.4 Å². The molecule has 7 heteroatoms. The lowest BCUT2D eigenvalue weighted by Gasteiger charge is -2.33. The van der Waals surface area contributed by atoms with E-state index in [2.05, 4.69) is 34.4 Å². The summed E-state index contributed by atoms with van der Waals surface area (Å²) in [6.45, 7) is 4.00. The Bertz CT molecular complexity index is 875. The molecule has 0 amide bonds. The minimum absolute atomic E-state index is 0.524. The number of nitrogens with zero attached hydrogens (tertiary/aromatic N) is 7. The molecule has 4 heterocycles. The summed E-state index contributed by atoms with van der Waals surface area (Å²) in [6.07, 6.45) is 14.0. The highest BCUT2D eigenvalue weighted by Gasteiger charge is 2.23. The molecule has 1 aliphatic rings. The standard InChI is InChI=1S/C19H23N7/c1-14-24-11-17(25(14)2)19-16(21-7-8-23-19)10-15-4-3-9-26(13-15)18-12-20-5-6-22-18/h5-8,11-12,15H,3-4,9-10,13H2,1-2H3/t15-/m0/s1. The van der Waals surface area contributed by atoms with Gasteiger partial charge in [0.25, 0.3) is 0 Å². The normalized spacial score (nSPS) is 17.5. The highest BCUT2D eigenvalue weighted by atomic mass is 15.2. The van der Waals surface area contributed by atoms with Crippen LogP contribution in [0.2, 0.25) is 0 Å². The molecule has 0 spiro atoms. The Labute approximate surface area is 153 Å². The fraction of sp³-hybridized carbons (Fsp3) is 0.421. The van der Waals surface area contributed by atoms with E-state index in [1.165, 1.54) is 6.42 Å². The van der Waals surface area contributed by atoms with Crippen molar-refractivity contribution >= 4 is 5.82 Å². The number of hydrogen-bond acceptors (Lipinski definition) is 6. The van der Waals surface area contributed by atoms with Gasteiger partial charge in [0.05, 0.1) is 23.8 Å². The summed E-state index contributed by atoms with van der Waals surface area (Å²) in [7, 11) is 2.02. The van der Waals surface area contributed by atoms with Gasteiger partial charge < -0.3 is 9.47 Å². The van der Waals surface area contributed by atoms with Gasteiger partial charge in [-0.25, -0.2) is 9.97 Å². The largest absolute Gasteiger partial charge is 0.355 e. The number of anilines is 1. The van der Waals surface area contributed by atoms with Crippen LogP contribution in [0.15, 0.2) is 37.2 Å². The first-order valence-corrected chi connectivity index (χ1v) is 9.02. The molecule has 3 aromatic heterocycles. The van der Waals surface area contributed by atoms with Crippen LogP contribution in [0, 0.1) is 12.8 Å². The molecule has 0 radical (unpaired) electrons. The van der Waals surface area contributed by atoms with Gasteiger partial charge in [0.2, 0.25) is 0 Å². The molecule has 7 nitrogen and oxygen atoms in total. The highest BCUT2D eigenvalue weighted by Crippen LogP contribution is 2.27. The lowest BCUT2D eigenvalue weighted by atomic mass is 9.92. The molecule has 4 rings (SSSR count). The quantitative estimate of drug-likeness (QED) is 0.720. The van der Waals surface area contributed by atoms with Crippen molar-refractivity contribution in [2.24, 2.45) is 13.0 Å². The molecular formula is C19H23N7. The van der Waals surface area contributed by atoms with Crippen LogP contribution < -0.4 is 4.90 Å². The van der Waals surface area contributed by atoms with Gasteiger partial charge in [-0.2, -0.15) is 0 Å². The lowest BCUT2D eigenvalue weighted by molar-refractivity contribution is 0.408. The monoisotopic (exact) mass is 349 g/mol. The van der Waals surface area contributed by atoms with Gasteiger partial charge in [0.15, 0.2) is 0 Å². The zero-order valence-corrected chi connectivity index (χ0v) is 15.2. The van der Waals surface area contributed by atoms with Crippen molar-refractivity contribution in [3.8, 4) is 11.4 Å². The minimum atomic E-state index is 0.524. The van der Waals surface area contributed by atoms with Crippen LogP contribution in [0.4, 0.5) is 5.82 Å². The van der Waals surface area contributed by atoms with Gasteiger partial charge in [-0.05, 0) is 32.1 Å². The average Bonchev–Trinajstić information content (AvgIpc) is 3.02. The number of imidazole rings is 1. The number of piperidine rings is 1. The predicted molar refractivity (Wildman–Crippen MR) is 99.6 cm³/mol. The zero-order chi connectivity index (χ0) is 17.9. The molecule has 0 N–H and O–H groups in total. The molecule has 0 unspecified atom stereocenters. The lowest BCUT2D eigenvalue weighted by Crippen LogP contribution is -2.37. The van der Waals surface area contributed by atoms with Gasteiger partial charge in [-0.1, -0.05) is 0 Å². The molecule has 0 aromatic carbocycles. The first-order chi connectivity index (χ1) is 12.7. The molecule has 1 saturated heterocycles. The fourth-order valence-electron chi connectivity index (χ4n) is 3.62. The topological polar surface area (TPSA) is 72.6 Å². The van der Waals surface area contributed by atoms with Gasteiger partial charge in [-0.3, -0.25) is 15.0 Å². The third-order valence-electron chi connectivity index (χ3n) is 5.11. The van der Waals surface area contributed by atoms with E-state index in [4.69, 9.17) is 0 Å². The Morgan fingerprint density at radius 3 is 2.65 bits per heavy atom. The SMILES string of the molecule is Cc1ncc(-c2nccnc2C[C@@H]2CCCN(c3cnccn3)C2)n1C. The Balaban J connectivity index is 1.55. The van der Waals surface area contributed by atoms with Crippen molar-refractivity contribution < 1.29 is 0 Å². The highest BCUT2D eigenvalue weighted by molar-refractivity contribution is 5.57. The van der Waals surface area contributed by atoms with Gasteiger partial charge in [-0.15, -0.1) is 0 Å². The second-order valence-electron chi connectivity index (χ2n) is 6.82. The van der Waals surface area contributed by atoms with Crippen molar-refractivity contribution in [2.45, 2.75) is 26.2 Å². The first-order valence-electron chi connectivity index (χ1n) is 9.02. The van der Waals surface area contributed by atoms with Crippen molar-refractivity contribution in [3.05, 3.63) is 48.7 Å². The Morgan fingerprint density at radius 1 is 1.04 bits per heavy atom. The Hall–Kier alpha value is -2.83. The molecule has 0 bridgehead atoms. The Kier molecular flexibility index (Phi) is 4.60. The molecule has 0 saturated carbocycles. The summed E-state index contributed by atoms with van der Waals surface area (Å²) in [5, 5.41) is 0. The van der Waals surface area contributed by atoms with Crippen LogP contribution in [-0.4, -0.2) is 42.6 Å². The Morgan fingerprint density at radius 2 is 1.88 bits per heavy atom. The molecule has 1 atom stereocenters. The summed E-state index contributed by atoms with van der Waals surface area (Å²) in [5.74, 6) is 2.46. The van der Waals surface area contributed by atoms with Crippen LogP contribution >= 0.6 is 0 Å². The summed E-state index contributed by atoms with van der Waals surface area (Å²) >= 11 is 0.